The van der Waals surface area contributed by atoms with E-state index in [0.717, 1.165) is 0 Å². The van der Waals surface area contributed by atoms with Crippen LogP contribution in [0.5, 0.6) is 23.0 Å². The molecule has 0 aromatic heterocycles. The van der Waals surface area contributed by atoms with Crippen molar-refractivity contribution < 1.29 is 34.4 Å². The van der Waals surface area contributed by atoms with Crippen LogP contribution in [0.4, 0.5) is 0 Å². The minimum atomic E-state index is -0.947. The maximum Gasteiger partial charge on any atom is 0.219 e. The SMILES string of the molecule is CC(=O)NCC(O)c1ccc2c(c1)O[C@H](c1ccc(O)c(O)c1)[C@@H](NC(C)=O)O2. The van der Waals surface area contributed by atoms with Crippen LogP contribution in [0.15, 0.2) is 36.4 Å². The van der Waals surface area contributed by atoms with E-state index < -0.39 is 18.4 Å². The number of carbonyl (C=O) groups is 2. The van der Waals surface area contributed by atoms with Gasteiger partial charge in [0.2, 0.25) is 18.0 Å². The molecule has 3 atom stereocenters. The molecule has 1 unspecified atom stereocenters. The number of benzene rings is 2. The highest BCUT2D eigenvalue weighted by Crippen LogP contribution is 2.41. The van der Waals surface area contributed by atoms with Crippen LogP contribution in [0.2, 0.25) is 0 Å². The third kappa shape index (κ3) is 4.69. The summed E-state index contributed by atoms with van der Waals surface area (Å²) in [6.45, 7) is 2.74. The van der Waals surface area contributed by atoms with Gasteiger partial charge in [0.15, 0.2) is 29.1 Å². The lowest BCUT2D eigenvalue weighted by molar-refractivity contribution is -0.124. The first kappa shape index (κ1) is 20.3. The van der Waals surface area contributed by atoms with Gasteiger partial charge in [0.25, 0.3) is 0 Å². The van der Waals surface area contributed by atoms with Crippen LogP contribution < -0.4 is 20.1 Å². The number of fused-ring (bicyclic) bond motifs is 1. The van der Waals surface area contributed by atoms with Gasteiger partial charge >= 0.3 is 0 Å². The molecule has 0 saturated heterocycles. The first-order chi connectivity index (χ1) is 13.7. The van der Waals surface area contributed by atoms with E-state index in [2.05, 4.69) is 10.6 Å². The fourth-order valence-electron chi connectivity index (χ4n) is 2.94. The van der Waals surface area contributed by atoms with Gasteiger partial charge in [-0.1, -0.05) is 12.1 Å². The van der Waals surface area contributed by atoms with Gasteiger partial charge in [-0.25, -0.2) is 0 Å². The molecule has 0 radical (unpaired) electrons. The maximum atomic E-state index is 11.6. The summed E-state index contributed by atoms with van der Waals surface area (Å²) < 4.78 is 11.9. The number of amides is 2. The number of phenolic OH excluding ortho intramolecular Hbond substituents is 2. The predicted molar refractivity (Wildman–Crippen MR) is 101 cm³/mol. The Morgan fingerprint density at radius 2 is 1.76 bits per heavy atom. The van der Waals surface area contributed by atoms with Crippen LogP contribution in [0.3, 0.4) is 0 Å². The molecule has 0 fully saturated rings. The summed E-state index contributed by atoms with van der Waals surface area (Å²) in [6, 6.07) is 8.98. The Bertz CT molecular complexity index is 931. The molecule has 0 aliphatic carbocycles. The largest absolute Gasteiger partial charge is 0.504 e. The molecule has 0 saturated carbocycles. The van der Waals surface area contributed by atoms with Gasteiger partial charge < -0.3 is 35.4 Å². The monoisotopic (exact) mass is 402 g/mol. The lowest BCUT2D eigenvalue weighted by atomic mass is 10.0. The quantitative estimate of drug-likeness (QED) is 0.475. The molecule has 154 valence electrons. The van der Waals surface area contributed by atoms with E-state index >= 15 is 0 Å². The van der Waals surface area contributed by atoms with Crippen molar-refractivity contribution in [3.63, 3.8) is 0 Å². The Kier molecular flexibility index (Phi) is 5.79. The van der Waals surface area contributed by atoms with Gasteiger partial charge in [-0.3, -0.25) is 9.59 Å². The van der Waals surface area contributed by atoms with Crippen LogP contribution >= 0.6 is 0 Å². The molecular weight excluding hydrogens is 380 g/mol. The van der Waals surface area contributed by atoms with Crippen LogP contribution in [-0.4, -0.2) is 39.9 Å². The first-order valence-corrected chi connectivity index (χ1v) is 8.93. The van der Waals surface area contributed by atoms with Gasteiger partial charge in [-0.05, 0) is 29.8 Å². The van der Waals surface area contributed by atoms with Gasteiger partial charge in [-0.15, -0.1) is 0 Å². The van der Waals surface area contributed by atoms with Crippen LogP contribution in [-0.2, 0) is 9.59 Å². The molecule has 0 bridgehead atoms. The third-order valence-electron chi connectivity index (χ3n) is 4.35. The number of aliphatic hydroxyl groups is 1. The number of ether oxygens (including phenoxy) is 2. The van der Waals surface area contributed by atoms with Crippen LogP contribution in [0, 0.1) is 0 Å². The zero-order valence-corrected chi connectivity index (χ0v) is 15.9. The molecule has 3 rings (SSSR count). The molecule has 5 N–H and O–H groups in total. The Balaban J connectivity index is 1.91. The van der Waals surface area contributed by atoms with Gasteiger partial charge in [0, 0.05) is 26.0 Å². The standard InChI is InChI=1S/C20H22N2O7/c1-10(23)21-9-16(27)12-4-6-17-18(8-12)28-19(20(29-17)22-11(2)24)13-3-5-14(25)15(26)7-13/h3-8,16,19-20,25-27H,9H2,1-2H3,(H,21,23)(H,22,24)/t16?,19-,20+/m1/s1. The smallest absolute Gasteiger partial charge is 0.219 e. The van der Waals surface area contributed by atoms with Gasteiger partial charge in [0.05, 0.1) is 6.10 Å². The Labute approximate surface area is 166 Å². The summed E-state index contributed by atoms with van der Waals surface area (Å²) in [6.07, 6.45) is -2.64. The van der Waals surface area contributed by atoms with Crippen molar-refractivity contribution in [1.82, 2.24) is 10.6 Å². The number of nitrogens with one attached hydrogen (secondary N) is 2. The Morgan fingerprint density at radius 1 is 1.00 bits per heavy atom. The number of aliphatic hydroxyl groups excluding tert-OH is 1. The summed E-state index contributed by atoms with van der Waals surface area (Å²) in [5.74, 6) is -0.533. The van der Waals surface area contributed by atoms with E-state index in [1.165, 1.54) is 26.0 Å². The number of hydrogen-bond acceptors (Lipinski definition) is 7. The fourth-order valence-corrected chi connectivity index (χ4v) is 2.94. The Morgan fingerprint density at radius 3 is 2.41 bits per heavy atom. The fraction of sp³-hybridized carbons (Fsp3) is 0.300. The minimum absolute atomic E-state index is 0.0404. The zero-order chi connectivity index (χ0) is 21.1. The van der Waals surface area contributed by atoms with Crippen LogP contribution in [0.1, 0.15) is 37.2 Å². The molecule has 2 aromatic rings. The van der Waals surface area contributed by atoms with Gasteiger partial charge in [-0.2, -0.15) is 0 Å². The topological polar surface area (TPSA) is 137 Å². The van der Waals surface area contributed by atoms with E-state index in [1.807, 2.05) is 0 Å². The number of rotatable bonds is 5. The van der Waals surface area contributed by atoms with Crippen molar-refractivity contribution in [1.29, 1.82) is 0 Å². The molecular formula is C20H22N2O7. The third-order valence-corrected chi connectivity index (χ3v) is 4.35. The molecule has 1 aliphatic rings. The number of carbonyl (C=O) groups excluding carboxylic acids is 2. The van der Waals surface area contributed by atoms with Crippen molar-refractivity contribution >= 4 is 11.8 Å². The second-order valence-electron chi connectivity index (χ2n) is 6.68. The minimum Gasteiger partial charge on any atom is -0.504 e. The first-order valence-electron chi connectivity index (χ1n) is 8.93. The van der Waals surface area contributed by atoms with E-state index in [-0.39, 0.29) is 29.9 Å². The van der Waals surface area contributed by atoms with E-state index in [9.17, 15) is 24.9 Å². The molecule has 1 heterocycles. The summed E-state index contributed by atoms with van der Waals surface area (Å²) in [5, 5.41) is 34.8. The lowest BCUT2D eigenvalue weighted by Gasteiger charge is -2.34. The molecule has 2 aromatic carbocycles. The molecule has 9 heteroatoms. The molecule has 0 spiro atoms. The van der Waals surface area contributed by atoms with E-state index in [1.54, 1.807) is 24.3 Å². The molecule has 2 amide bonds. The van der Waals surface area contributed by atoms with E-state index in [4.69, 9.17) is 9.47 Å². The zero-order valence-electron chi connectivity index (χ0n) is 15.9. The van der Waals surface area contributed by atoms with Crippen molar-refractivity contribution in [3.8, 4) is 23.0 Å². The van der Waals surface area contributed by atoms with Crippen molar-refractivity contribution in [2.75, 3.05) is 6.54 Å². The maximum absolute atomic E-state index is 11.6. The average Bonchev–Trinajstić information content (AvgIpc) is 2.67. The number of phenols is 2. The highest BCUT2D eigenvalue weighted by atomic mass is 16.6. The summed E-state index contributed by atoms with van der Waals surface area (Å²) in [4.78, 5) is 22.6. The van der Waals surface area contributed by atoms with Crippen molar-refractivity contribution in [3.05, 3.63) is 47.5 Å². The highest BCUT2D eigenvalue weighted by Gasteiger charge is 2.34. The second kappa shape index (κ2) is 8.27. The van der Waals surface area contributed by atoms with Crippen LogP contribution in [0.25, 0.3) is 0 Å². The normalized spacial score (nSPS) is 18.6. The summed E-state index contributed by atoms with van der Waals surface area (Å²) >= 11 is 0. The number of hydrogen-bond donors (Lipinski definition) is 5. The summed E-state index contributed by atoms with van der Waals surface area (Å²) in [5.41, 5.74) is 0.972. The number of aromatic hydroxyl groups is 2. The average molecular weight is 402 g/mol. The molecule has 9 nitrogen and oxygen atoms in total. The van der Waals surface area contributed by atoms with Crippen molar-refractivity contribution in [2.45, 2.75) is 32.3 Å². The second-order valence-corrected chi connectivity index (χ2v) is 6.68. The molecule has 29 heavy (non-hydrogen) atoms. The van der Waals surface area contributed by atoms with E-state index in [0.29, 0.717) is 22.6 Å². The predicted octanol–water partition coefficient (Wildman–Crippen LogP) is 1.24. The summed E-state index contributed by atoms with van der Waals surface area (Å²) in [7, 11) is 0. The van der Waals surface area contributed by atoms with Crippen molar-refractivity contribution in [2.24, 2.45) is 0 Å². The Hall–Kier alpha value is -3.46. The molecule has 1 aliphatic heterocycles. The lowest BCUT2D eigenvalue weighted by Crippen LogP contribution is -2.46. The highest BCUT2D eigenvalue weighted by molar-refractivity contribution is 5.73. The van der Waals surface area contributed by atoms with Gasteiger partial charge in [0.1, 0.15) is 0 Å².